The molecule has 1 aliphatic heterocycles. The van der Waals surface area contributed by atoms with Gasteiger partial charge in [-0.2, -0.15) is 0 Å². The molecule has 1 heterocycles. The zero-order valence-corrected chi connectivity index (χ0v) is 6.53. The summed E-state index contributed by atoms with van der Waals surface area (Å²) in [5.41, 5.74) is 0. The SMILES string of the molecule is CN1CC[C@H](C(=O)O)[C@H](O)C1. The van der Waals surface area contributed by atoms with E-state index in [2.05, 4.69) is 0 Å². The molecule has 4 heteroatoms. The normalized spacial score (nSPS) is 33.6. The summed E-state index contributed by atoms with van der Waals surface area (Å²) < 4.78 is 0. The van der Waals surface area contributed by atoms with E-state index in [0.717, 1.165) is 6.54 Å². The fourth-order valence-corrected chi connectivity index (χ4v) is 1.38. The Hall–Kier alpha value is -0.610. The topological polar surface area (TPSA) is 60.8 Å². The van der Waals surface area contributed by atoms with Gasteiger partial charge in [0.05, 0.1) is 12.0 Å². The van der Waals surface area contributed by atoms with Crippen LogP contribution in [0.4, 0.5) is 0 Å². The molecule has 0 radical (unpaired) electrons. The van der Waals surface area contributed by atoms with Gasteiger partial charge in [0, 0.05) is 6.54 Å². The zero-order chi connectivity index (χ0) is 8.43. The van der Waals surface area contributed by atoms with Gasteiger partial charge < -0.3 is 15.1 Å². The summed E-state index contributed by atoms with van der Waals surface area (Å²) in [5, 5.41) is 17.9. The molecule has 11 heavy (non-hydrogen) atoms. The third-order valence-electron chi connectivity index (χ3n) is 2.10. The molecule has 64 valence electrons. The first kappa shape index (κ1) is 8.49. The maximum atomic E-state index is 10.5. The third-order valence-corrected chi connectivity index (χ3v) is 2.10. The van der Waals surface area contributed by atoms with Gasteiger partial charge in [0.25, 0.3) is 0 Å². The lowest BCUT2D eigenvalue weighted by Gasteiger charge is -2.30. The molecule has 0 saturated carbocycles. The average molecular weight is 159 g/mol. The van der Waals surface area contributed by atoms with Crippen LogP contribution in [0.25, 0.3) is 0 Å². The molecule has 0 unspecified atom stereocenters. The molecule has 4 nitrogen and oxygen atoms in total. The van der Waals surface area contributed by atoms with Crippen LogP contribution in [0.3, 0.4) is 0 Å². The summed E-state index contributed by atoms with van der Waals surface area (Å²) in [6.07, 6.45) is -0.154. The Labute approximate surface area is 65.4 Å². The molecule has 0 bridgehead atoms. The zero-order valence-electron chi connectivity index (χ0n) is 6.53. The van der Waals surface area contributed by atoms with Gasteiger partial charge in [-0.3, -0.25) is 4.79 Å². The molecule has 0 amide bonds. The Morgan fingerprint density at radius 3 is 2.73 bits per heavy atom. The van der Waals surface area contributed by atoms with Gasteiger partial charge in [-0.05, 0) is 20.0 Å². The van der Waals surface area contributed by atoms with E-state index in [4.69, 9.17) is 5.11 Å². The van der Waals surface area contributed by atoms with E-state index in [1.807, 2.05) is 11.9 Å². The molecular formula is C7H13NO3. The lowest BCUT2D eigenvalue weighted by Crippen LogP contribution is -2.44. The number of carboxylic acid groups (broad SMARTS) is 1. The lowest BCUT2D eigenvalue weighted by atomic mass is 9.94. The quantitative estimate of drug-likeness (QED) is 0.535. The van der Waals surface area contributed by atoms with Crippen molar-refractivity contribution in [2.45, 2.75) is 12.5 Å². The fraction of sp³-hybridized carbons (Fsp3) is 0.857. The Morgan fingerprint density at radius 2 is 2.27 bits per heavy atom. The number of carboxylic acids is 1. The summed E-state index contributed by atoms with van der Waals surface area (Å²) in [7, 11) is 1.88. The highest BCUT2D eigenvalue weighted by Gasteiger charge is 2.30. The van der Waals surface area contributed by atoms with Crippen LogP contribution in [-0.2, 0) is 4.79 Å². The van der Waals surface area contributed by atoms with E-state index in [0.29, 0.717) is 13.0 Å². The molecule has 1 saturated heterocycles. The standard InChI is InChI=1S/C7H13NO3/c1-8-3-2-5(7(10)11)6(9)4-8/h5-6,9H,2-4H2,1H3,(H,10,11)/t5-,6+/m0/s1. The predicted molar refractivity (Wildman–Crippen MR) is 39.2 cm³/mol. The van der Waals surface area contributed by atoms with Crippen molar-refractivity contribution in [3.8, 4) is 0 Å². The van der Waals surface area contributed by atoms with E-state index < -0.39 is 18.0 Å². The van der Waals surface area contributed by atoms with E-state index in [9.17, 15) is 9.90 Å². The summed E-state index contributed by atoms with van der Waals surface area (Å²) in [5.74, 6) is -1.45. The molecule has 1 aliphatic rings. The highest BCUT2D eigenvalue weighted by atomic mass is 16.4. The maximum absolute atomic E-state index is 10.5. The molecular weight excluding hydrogens is 146 g/mol. The number of nitrogens with zero attached hydrogens (tertiary/aromatic N) is 1. The van der Waals surface area contributed by atoms with E-state index >= 15 is 0 Å². The molecule has 1 rings (SSSR count). The van der Waals surface area contributed by atoms with Crippen molar-refractivity contribution >= 4 is 5.97 Å². The van der Waals surface area contributed by atoms with Gasteiger partial charge in [-0.25, -0.2) is 0 Å². The minimum Gasteiger partial charge on any atom is -0.481 e. The molecule has 2 atom stereocenters. The van der Waals surface area contributed by atoms with Crippen LogP contribution in [0, 0.1) is 5.92 Å². The van der Waals surface area contributed by atoms with Crippen LogP contribution >= 0.6 is 0 Å². The number of hydrogen-bond acceptors (Lipinski definition) is 3. The number of likely N-dealkylation sites (tertiary alicyclic amines) is 1. The number of aliphatic hydroxyl groups is 1. The van der Waals surface area contributed by atoms with Crippen molar-refractivity contribution < 1.29 is 15.0 Å². The summed E-state index contributed by atoms with van der Waals surface area (Å²) in [6.45, 7) is 1.23. The summed E-state index contributed by atoms with van der Waals surface area (Å²) >= 11 is 0. The van der Waals surface area contributed by atoms with Crippen molar-refractivity contribution in [3.63, 3.8) is 0 Å². The van der Waals surface area contributed by atoms with Crippen LogP contribution in [-0.4, -0.2) is 47.3 Å². The Balaban J connectivity index is 2.50. The van der Waals surface area contributed by atoms with Gasteiger partial charge >= 0.3 is 5.97 Å². The molecule has 0 spiro atoms. The van der Waals surface area contributed by atoms with Crippen LogP contribution in [0.5, 0.6) is 0 Å². The monoisotopic (exact) mass is 159 g/mol. The van der Waals surface area contributed by atoms with Crippen molar-refractivity contribution in [1.82, 2.24) is 4.90 Å². The molecule has 0 aromatic carbocycles. The first-order valence-electron chi connectivity index (χ1n) is 3.70. The fourth-order valence-electron chi connectivity index (χ4n) is 1.38. The number of rotatable bonds is 1. The Bertz CT molecular complexity index is 160. The first-order valence-corrected chi connectivity index (χ1v) is 3.70. The number of carbonyl (C=O) groups is 1. The van der Waals surface area contributed by atoms with Crippen LogP contribution in [0.1, 0.15) is 6.42 Å². The second kappa shape index (κ2) is 3.19. The smallest absolute Gasteiger partial charge is 0.309 e. The molecule has 2 N–H and O–H groups in total. The van der Waals surface area contributed by atoms with E-state index in [1.54, 1.807) is 0 Å². The van der Waals surface area contributed by atoms with Crippen LogP contribution in [0.15, 0.2) is 0 Å². The molecule has 0 aromatic rings. The minimum absolute atomic E-state index is 0.469. The van der Waals surface area contributed by atoms with Crippen molar-refractivity contribution in [2.24, 2.45) is 5.92 Å². The van der Waals surface area contributed by atoms with Crippen LogP contribution in [0.2, 0.25) is 0 Å². The Morgan fingerprint density at radius 1 is 1.64 bits per heavy atom. The minimum atomic E-state index is -0.884. The summed E-state index contributed by atoms with van der Waals surface area (Å²) in [6, 6.07) is 0. The second-order valence-corrected chi connectivity index (χ2v) is 3.06. The largest absolute Gasteiger partial charge is 0.481 e. The highest BCUT2D eigenvalue weighted by Crippen LogP contribution is 2.16. The number of aliphatic hydroxyl groups excluding tert-OH is 1. The molecule has 0 aliphatic carbocycles. The first-order chi connectivity index (χ1) is 5.11. The lowest BCUT2D eigenvalue weighted by molar-refractivity contribution is -0.148. The van der Waals surface area contributed by atoms with E-state index in [-0.39, 0.29) is 0 Å². The number of aliphatic carboxylic acids is 1. The maximum Gasteiger partial charge on any atom is 0.309 e. The molecule has 1 fully saturated rings. The van der Waals surface area contributed by atoms with Gasteiger partial charge in [0.1, 0.15) is 0 Å². The van der Waals surface area contributed by atoms with Crippen molar-refractivity contribution in [1.29, 1.82) is 0 Å². The van der Waals surface area contributed by atoms with Gasteiger partial charge in [-0.1, -0.05) is 0 Å². The van der Waals surface area contributed by atoms with Crippen molar-refractivity contribution in [2.75, 3.05) is 20.1 Å². The summed E-state index contributed by atoms with van der Waals surface area (Å²) in [4.78, 5) is 12.4. The Kier molecular flexibility index (Phi) is 2.46. The van der Waals surface area contributed by atoms with Gasteiger partial charge in [0.15, 0.2) is 0 Å². The second-order valence-electron chi connectivity index (χ2n) is 3.06. The predicted octanol–water partition coefficient (Wildman–Crippen LogP) is -0.616. The molecule has 0 aromatic heterocycles. The van der Waals surface area contributed by atoms with Gasteiger partial charge in [-0.15, -0.1) is 0 Å². The van der Waals surface area contributed by atoms with Crippen molar-refractivity contribution in [3.05, 3.63) is 0 Å². The number of likely N-dealkylation sites (N-methyl/N-ethyl adjacent to an activating group) is 1. The number of β-amino-alcohol motifs (C(OH)–C–C–N with tert-alkyl or cyclic N) is 1. The average Bonchev–Trinajstić information content (AvgIpc) is 1.85. The third kappa shape index (κ3) is 1.91. The van der Waals surface area contributed by atoms with Gasteiger partial charge in [0.2, 0.25) is 0 Å². The number of hydrogen-bond donors (Lipinski definition) is 2. The van der Waals surface area contributed by atoms with E-state index in [1.165, 1.54) is 0 Å². The highest BCUT2D eigenvalue weighted by molar-refractivity contribution is 5.70. The van der Waals surface area contributed by atoms with Crippen LogP contribution < -0.4 is 0 Å². The number of piperidine rings is 1.